The molecule has 154 valence electrons. The Kier molecular flexibility index (Phi) is 5.82. The molecule has 2 atom stereocenters. The summed E-state index contributed by atoms with van der Waals surface area (Å²) in [6.45, 7) is 4.06. The minimum atomic E-state index is -0.268. The first-order chi connectivity index (χ1) is 13.1. The van der Waals surface area contributed by atoms with Gasteiger partial charge in [-0.3, -0.25) is 9.69 Å². The third-order valence-electron chi connectivity index (χ3n) is 8.16. The van der Waals surface area contributed by atoms with Crippen LogP contribution in [0.15, 0.2) is 0 Å². The molecule has 2 spiro atoms. The average Bonchev–Trinajstić information content (AvgIpc) is 2.67. The Morgan fingerprint density at radius 2 is 1.85 bits per heavy atom. The summed E-state index contributed by atoms with van der Waals surface area (Å²) >= 11 is 0. The van der Waals surface area contributed by atoms with Gasteiger partial charge in [0.15, 0.2) is 0 Å². The van der Waals surface area contributed by atoms with Crippen molar-refractivity contribution in [3.63, 3.8) is 0 Å². The minimum Gasteiger partial charge on any atom is -0.392 e. The SMILES string of the molecule is COCCC(=O)N1CCC[C@]2(C1)CN(C1CC3(CCCCC3)C1)CC[C@H]2O. The van der Waals surface area contributed by atoms with Gasteiger partial charge < -0.3 is 14.7 Å². The number of hydrogen-bond acceptors (Lipinski definition) is 4. The van der Waals surface area contributed by atoms with Gasteiger partial charge in [-0.2, -0.15) is 0 Å². The summed E-state index contributed by atoms with van der Waals surface area (Å²) in [5.41, 5.74) is 0.537. The van der Waals surface area contributed by atoms with Gasteiger partial charge in [-0.05, 0) is 50.4 Å². The molecule has 0 bridgehead atoms. The van der Waals surface area contributed by atoms with E-state index in [0.29, 0.717) is 24.5 Å². The average molecular weight is 379 g/mol. The van der Waals surface area contributed by atoms with E-state index in [1.165, 1.54) is 44.9 Å². The van der Waals surface area contributed by atoms with Gasteiger partial charge in [0.05, 0.1) is 19.1 Å². The summed E-state index contributed by atoms with van der Waals surface area (Å²) in [7, 11) is 1.64. The van der Waals surface area contributed by atoms with Crippen LogP contribution in [0.25, 0.3) is 0 Å². The van der Waals surface area contributed by atoms with Crippen LogP contribution in [-0.4, -0.2) is 72.9 Å². The number of amides is 1. The highest BCUT2D eigenvalue weighted by molar-refractivity contribution is 5.76. The lowest BCUT2D eigenvalue weighted by Crippen LogP contribution is -2.63. The second kappa shape index (κ2) is 8.00. The van der Waals surface area contributed by atoms with E-state index in [9.17, 15) is 9.90 Å². The third kappa shape index (κ3) is 3.92. The maximum absolute atomic E-state index is 12.5. The Morgan fingerprint density at radius 3 is 2.59 bits per heavy atom. The predicted molar refractivity (Wildman–Crippen MR) is 105 cm³/mol. The van der Waals surface area contributed by atoms with Gasteiger partial charge >= 0.3 is 0 Å². The van der Waals surface area contributed by atoms with Crippen molar-refractivity contribution in [3.8, 4) is 0 Å². The Bertz CT molecular complexity index is 526. The molecule has 0 aromatic rings. The van der Waals surface area contributed by atoms with Gasteiger partial charge in [-0.15, -0.1) is 0 Å². The fourth-order valence-electron chi connectivity index (χ4n) is 6.52. The maximum atomic E-state index is 12.5. The van der Waals surface area contributed by atoms with Gasteiger partial charge in [0.1, 0.15) is 0 Å². The van der Waals surface area contributed by atoms with Crippen molar-refractivity contribution in [2.45, 2.75) is 82.8 Å². The molecule has 4 fully saturated rings. The van der Waals surface area contributed by atoms with Crippen molar-refractivity contribution in [2.24, 2.45) is 10.8 Å². The molecular weight excluding hydrogens is 340 g/mol. The first-order valence-corrected chi connectivity index (χ1v) is 11.2. The van der Waals surface area contributed by atoms with Gasteiger partial charge in [-0.25, -0.2) is 0 Å². The highest BCUT2D eigenvalue weighted by atomic mass is 16.5. The molecule has 0 aromatic heterocycles. The molecule has 2 saturated heterocycles. The summed E-state index contributed by atoms with van der Waals surface area (Å²) < 4.78 is 5.08. The van der Waals surface area contributed by atoms with E-state index < -0.39 is 0 Å². The number of ether oxygens (including phenoxy) is 1. The van der Waals surface area contributed by atoms with Crippen LogP contribution in [0.2, 0.25) is 0 Å². The van der Waals surface area contributed by atoms with Crippen molar-refractivity contribution in [3.05, 3.63) is 0 Å². The molecule has 1 amide bonds. The number of rotatable bonds is 4. The van der Waals surface area contributed by atoms with Crippen molar-refractivity contribution < 1.29 is 14.6 Å². The van der Waals surface area contributed by atoms with E-state index in [1.807, 2.05) is 4.90 Å². The Labute approximate surface area is 164 Å². The fraction of sp³-hybridized carbons (Fsp3) is 0.955. The van der Waals surface area contributed by atoms with E-state index >= 15 is 0 Å². The van der Waals surface area contributed by atoms with Crippen molar-refractivity contribution in [1.29, 1.82) is 0 Å². The summed E-state index contributed by atoms with van der Waals surface area (Å²) in [4.78, 5) is 17.2. The standard InChI is InChI=1S/C22H38N2O3/c1-27-13-7-20(26)24-11-5-10-22(17-24)16-23(12-6-19(22)25)18-14-21(15-18)8-3-2-4-9-21/h18-19,25H,2-17H2,1H3/t19-,22-/m1/s1. The molecule has 0 unspecified atom stereocenters. The lowest BCUT2D eigenvalue weighted by atomic mass is 9.57. The Hall–Kier alpha value is -0.650. The van der Waals surface area contributed by atoms with Crippen LogP contribution in [0.3, 0.4) is 0 Å². The lowest BCUT2D eigenvalue weighted by Gasteiger charge is -2.58. The molecule has 1 N–H and O–H groups in total. The molecular formula is C22H38N2O3. The van der Waals surface area contributed by atoms with Crippen molar-refractivity contribution >= 4 is 5.91 Å². The van der Waals surface area contributed by atoms with E-state index in [2.05, 4.69) is 4.90 Å². The first-order valence-electron chi connectivity index (χ1n) is 11.2. The first kappa shape index (κ1) is 19.7. The molecule has 2 saturated carbocycles. The highest BCUT2D eigenvalue weighted by Crippen LogP contribution is 2.54. The van der Waals surface area contributed by atoms with E-state index in [-0.39, 0.29) is 17.4 Å². The van der Waals surface area contributed by atoms with E-state index in [4.69, 9.17) is 4.74 Å². The van der Waals surface area contributed by atoms with Gasteiger partial charge in [0.2, 0.25) is 5.91 Å². The van der Waals surface area contributed by atoms with Crippen molar-refractivity contribution in [1.82, 2.24) is 9.80 Å². The predicted octanol–water partition coefficient (Wildman–Crippen LogP) is 2.81. The van der Waals surface area contributed by atoms with Crippen LogP contribution < -0.4 is 0 Å². The number of carbonyl (C=O) groups is 1. The molecule has 27 heavy (non-hydrogen) atoms. The zero-order valence-electron chi connectivity index (χ0n) is 17.1. The molecule has 5 nitrogen and oxygen atoms in total. The number of piperidine rings is 2. The number of methoxy groups -OCH3 is 1. The zero-order valence-corrected chi connectivity index (χ0v) is 17.1. The van der Waals surface area contributed by atoms with Crippen LogP contribution in [0, 0.1) is 10.8 Å². The summed E-state index contributed by atoms with van der Waals surface area (Å²) in [6, 6.07) is 0.715. The second-order valence-corrected chi connectivity index (χ2v) is 9.92. The van der Waals surface area contributed by atoms with E-state index in [1.54, 1.807) is 7.11 Å². The topological polar surface area (TPSA) is 53.0 Å². The van der Waals surface area contributed by atoms with Crippen LogP contribution >= 0.6 is 0 Å². The van der Waals surface area contributed by atoms with E-state index in [0.717, 1.165) is 45.4 Å². The lowest BCUT2D eigenvalue weighted by molar-refractivity contribution is -0.147. The Balaban J connectivity index is 1.37. The number of likely N-dealkylation sites (tertiary alicyclic amines) is 2. The van der Waals surface area contributed by atoms with Gasteiger partial charge in [0.25, 0.3) is 0 Å². The largest absolute Gasteiger partial charge is 0.392 e. The van der Waals surface area contributed by atoms with Gasteiger partial charge in [-0.1, -0.05) is 19.3 Å². The number of aliphatic hydroxyl groups is 1. The van der Waals surface area contributed by atoms with Gasteiger partial charge in [0, 0.05) is 44.7 Å². The van der Waals surface area contributed by atoms with Crippen molar-refractivity contribution in [2.75, 3.05) is 39.9 Å². The second-order valence-electron chi connectivity index (χ2n) is 9.92. The van der Waals surface area contributed by atoms with Crippen LogP contribution in [-0.2, 0) is 9.53 Å². The number of hydrogen-bond donors (Lipinski definition) is 1. The molecule has 2 heterocycles. The van der Waals surface area contributed by atoms with Crippen LogP contribution in [0.1, 0.15) is 70.6 Å². The van der Waals surface area contributed by atoms with Crippen LogP contribution in [0.5, 0.6) is 0 Å². The molecule has 4 aliphatic rings. The highest BCUT2D eigenvalue weighted by Gasteiger charge is 2.52. The molecule has 0 aromatic carbocycles. The molecule has 2 aliphatic heterocycles. The fourth-order valence-corrected chi connectivity index (χ4v) is 6.52. The Morgan fingerprint density at radius 1 is 1.07 bits per heavy atom. The monoisotopic (exact) mass is 378 g/mol. The molecule has 0 radical (unpaired) electrons. The quantitative estimate of drug-likeness (QED) is 0.817. The normalized spacial score (nSPS) is 34.7. The zero-order chi connectivity index (χ0) is 18.9. The number of nitrogens with zero attached hydrogens (tertiary/aromatic N) is 2. The van der Waals surface area contributed by atoms with Crippen LogP contribution in [0.4, 0.5) is 0 Å². The third-order valence-corrected chi connectivity index (χ3v) is 8.16. The summed E-state index contributed by atoms with van der Waals surface area (Å²) in [5.74, 6) is 0.185. The molecule has 5 heteroatoms. The number of aliphatic hydroxyl groups excluding tert-OH is 1. The maximum Gasteiger partial charge on any atom is 0.224 e. The summed E-state index contributed by atoms with van der Waals surface area (Å²) in [5, 5.41) is 10.9. The minimum absolute atomic E-state index is 0.117. The smallest absolute Gasteiger partial charge is 0.224 e. The number of carbonyl (C=O) groups excluding carboxylic acids is 1. The molecule has 4 rings (SSSR count). The summed E-state index contributed by atoms with van der Waals surface area (Å²) in [6.07, 6.45) is 13.0. The molecule has 2 aliphatic carbocycles.